The fourth-order valence-electron chi connectivity index (χ4n) is 4.05. The van der Waals surface area contributed by atoms with E-state index in [9.17, 15) is 19.7 Å². The van der Waals surface area contributed by atoms with Gasteiger partial charge in [-0.25, -0.2) is 9.59 Å². The summed E-state index contributed by atoms with van der Waals surface area (Å²) in [7, 11) is 0. The average molecular weight is 549 g/mol. The largest absolute Gasteiger partial charge is 0.463 e. The number of nitro benzene ring substituents is 1. The molecule has 0 aliphatic heterocycles. The molecule has 0 aromatic heterocycles. The van der Waals surface area contributed by atoms with Crippen molar-refractivity contribution in [3.05, 3.63) is 95.1 Å². The number of anilines is 1. The highest BCUT2D eigenvalue weighted by Gasteiger charge is 2.07. The van der Waals surface area contributed by atoms with Crippen molar-refractivity contribution in [3.63, 3.8) is 0 Å². The van der Waals surface area contributed by atoms with Crippen molar-refractivity contribution in [1.82, 2.24) is 0 Å². The number of nitro groups is 1. The Balaban J connectivity index is 1.88. The van der Waals surface area contributed by atoms with Gasteiger partial charge in [0.25, 0.3) is 5.69 Å². The van der Waals surface area contributed by atoms with E-state index in [1.165, 1.54) is 24.3 Å². The normalized spacial score (nSPS) is 10.7. The lowest BCUT2D eigenvalue weighted by molar-refractivity contribution is -0.384. The summed E-state index contributed by atoms with van der Waals surface area (Å²) in [6, 6.07) is 14.9. The maximum Gasteiger partial charge on any atom is 0.330 e. The Hall–Kier alpha value is -4.20. The molecule has 0 unspecified atom stereocenters. The summed E-state index contributed by atoms with van der Waals surface area (Å²) in [5, 5.41) is 10.8. The first-order valence-corrected chi connectivity index (χ1v) is 13.8. The van der Waals surface area contributed by atoms with Crippen molar-refractivity contribution in [1.29, 1.82) is 0 Å². The van der Waals surface area contributed by atoms with Crippen LogP contribution in [0.1, 0.15) is 62.5 Å². The van der Waals surface area contributed by atoms with Gasteiger partial charge in [0.1, 0.15) is 0 Å². The third kappa shape index (κ3) is 13.0. The summed E-state index contributed by atoms with van der Waals surface area (Å²) in [4.78, 5) is 35.1. The zero-order chi connectivity index (χ0) is 29.0. The molecule has 0 heterocycles. The minimum absolute atomic E-state index is 0.0776. The molecule has 8 nitrogen and oxygen atoms in total. The predicted molar refractivity (Wildman–Crippen MR) is 160 cm³/mol. The number of benzene rings is 2. The number of carbonyl (C=O) groups is 2. The molecule has 0 amide bonds. The number of rotatable bonds is 20. The van der Waals surface area contributed by atoms with Crippen LogP contribution in [0.25, 0.3) is 12.2 Å². The lowest BCUT2D eigenvalue weighted by Crippen LogP contribution is -2.25. The molecule has 8 heteroatoms. The molecule has 0 aliphatic rings. The van der Waals surface area contributed by atoms with Crippen LogP contribution >= 0.6 is 0 Å². The SMILES string of the molecule is C=CC(=O)OCCCCCCN(CCCCCCOC(=O)C=C)c1ccc(/C=C/c2ccc([N+](=O)[O-])cc2)cc1. The van der Waals surface area contributed by atoms with Crippen molar-refractivity contribution in [3.8, 4) is 0 Å². The third-order valence-corrected chi connectivity index (χ3v) is 6.30. The topological polar surface area (TPSA) is 99.0 Å². The number of hydrogen-bond donors (Lipinski definition) is 0. The summed E-state index contributed by atoms with van der Waals surface area (Å²) in [6.07, 6.45) is 14.1. The van der Waals surface area contributed by atoms with Gasteiger partial charge in [0.2, 0.25) is 0 Å². The fourth-order valence-corrected chi connectivity index (χ4v) is 4.05. The molecule has 0 spiro atoms. The molecule has 0 fully saturated rings. The van der Waals surface area contributed by atoms with Gasteiger partial charge < -0.3 is 14.4 Å². The third-order valence-electron chi connectivity index (χ3n) is 6.30. The predicted octanol–water partition coefficient (Wildman–Crippen LogP) is 7.15. The summed E-state index contributed by atoms with van der Waals surface area (Å²) in [5.41, 5.74) is 3.18. The summed E-state index contributed by atoms with van der Waals surface area (Å²) >= 11 is 0. The van der Waals surface area contributed by atoms with Gasteiger partial charge in [-0.2, -0.15) is 0 Å². The Kier molecular flexibility index (Phi) is 15.2. The number of non-ortho nitro benzene ring substituents is 1. The van der Waals surface area contributed by atoms with E-state index in [1.807, 2.05) is 12.2 Å². The number of ether oxygens (including phenoxy) is 2. The van der Waals surface area contributed by atoms with E-state index in [1.54, 1.807) is 12.1 Å². The van der Waals surface area contributed by atoms with Crippen molar-refractivity contribution >= 4 is 35.5 Å². The first kappa shape index (κ1) is 32.0. The van der Waals surface area contributed by atoms with Gasteiger partial charge in [0, 0.05) is 43.1 Å². The van der Waals surface area contributed by atoms with E-state index in [2.05, 4.69) is 42.3 Å². The highest BCUT2D eigenvalue weighted by atomic mass is 16.6. The summed E-state index contributed by atoms with van der Waals surface area (Å²) in [5.74, 6) is -0.757. The molecular formula is C32H40N2O6. The van der Waals surface area contributed by atoms with Crippen molar-refractivity contribution in [2.75, 3.05) is 31.2 Å². The molecule has 0 atom stereocenters. The molecule has 2 rings (SSSR count). The molecule has 0 bridgehead atoms. The minimum atomic E-state index is -0.403. The fraction of sp³-hybridized carbons (Fsp3) is 0.375. The standard InChI is InChI=1S/C32H40N2O6/c1-3-31(35)39-25-11-7-5-9-23-33(24-10-6-8-12-26-40-32(36)4-2)29-19-15-27(16-20-29)13-14-28-17-21-30(22-18-28)34(37)38/h3-4,13-22H,1-2,5-12,23-26H2/b14-13+. The van der Waals surface area contributed by atoms with E-state index >= 15 is 0 Å². The molecule has 2 aromatic carbocycles. The molecule has 0 aliphatic carbocycles. The lowest BCUT2D eigenvalue weighted by atomic mass is 10.1. The Morgan fingerprint density at radius 2 is 1.12 bits per heavy atom. The molecule has 0 N–H and O–H groups in total. The van der Waals surface area contributed by atoms with Crippen LogP contribution in [-0.2, 0) is 19.1 Å². The number of unbranched alkanes of at least 4 members (excludes halogenated alkanes) is 6. The second-order valence-electron chi connectivity index (χ2n) is 9.33. The van der Waals surface area contributed by atoms with Crippen molar-refractivity contribution in [2.24, 2.45) is 0 Å². The minimum Gasteiger partial charge on any atom is -0.463 e. The molecule has 40 heavy (non-hydrogen) atoms. The van der Waals surface area contributed by atoms with Gasteiger partial charge >= 0.3 is 11.9 Å². The lowest BCUT2D eigenvalue weighted by Gasteiger charge is -2.25. The van der Waals surface area contributed by atoms with E-state index < -0.39 is 4.92 Å². The number of nitrogens with zero attached hydrogens (tertiary/aromatic N) is 2. The molecule has 0 radical (unpaired) electrons. The first-order chi connectivity index (χ1) is 19.4. The van der Waals surface area contributed by atoms with E-state index in [4.69, 9.17) is 9.47 Å². The zero-order valence-electron chi connectivity index (χ0n) is 23.2. The van der Waals surface area contributed by atoms with Crippen LogP contribution < -0.4 is 4.90 Å². The molecule has 214 valence electrons. The van der Waals surface area contributed by atoms with Crippen LogP contribution in [0.2, 0.25) is 0 Å². The Morgan fingerprint density at radius 1 is 0.700 bits per heavy atom. The maximum absolute atomic E-state index is 11.1. The molecular weight excluding hydrogens is 508 g/mol. The van der Waals surface area contributed by atoms with Gasteiger partial charge in [0.15, 0.2) is 0 Å². The van der Waals surface area contributed by atoms with Gasteiger partial charge in [0.05, 0.1) is 18.1 Å². The molecule has 2 aromatic rings. The summed E-state index contributed by atoms with van der Waals surface area (Å²) in [6.45, 7) is 9.51. The van der Waals surface area contributed by atoms with Crippen LogP contribution in [-0.4, -0.2) is 43.2 Å². The highest BCUT2D eigenvalue weighted by molar-refractivity contribution is 5.81. The Labute approximate surface area is 237 Å². The second-order valence-corrected chi connectivity index (χ2v) is 9.33. The highest BCUT2D eigenvalue weighted by Crippen LogP contribution is 2.20. The van der Waals surface area contributed by atoms with Gasteiger partial charge in [-0.3, -0.25) is 10.1 Å². The average Bonchev–Trinajstić information content (AvgIpc) is 2.98. The quantitative estimate of drug-likeness (QED) is 0.0433. The van der Waals surface area contributed by atoms with Crippen LogP contribution in [0.15, 0.2) is 73.8 Å². The van der Waals surface area contributed by atoms with Crippen LogP contribution in [0.5, 0.6) is 0 Å². The van der Waals surface area contributed by atoms with Crippen molar-refractivity contribution < 1.29 is 24.0 Å². The smallest absolute Gasteiger partial charge is 0.330 e. The van der Waals surface area contributed by atoms with E-state index in [0.29, 0.717) is 13.2 Å². The number of esters is 2. The maximum atomic E-state index is 11.1. The Bertz CT molecular complexity index is 1080. The van der Waals surface area contributed by atoms with Gasteiger partial charge in [-0.05, 0) is 73.9 Å². The monoisotopic (exact) mass is 548 g/mol. The van der Waals surface area contributed by atoms with Crippen LogP contribution in [0.3, 0.4) is 0 Å². The van der Waals surface area contributed by atoms with Crippen molar-refractivity contribution in [2.45, 2.75) is 51.4 Å². The molecule has 0 saturated heterocycles. The van der Waals surface area contributed by atoms with Crippen LogP contribution in [0, 0.1) is 10.1 Å². The van der Waals surface area contributed by atoms with E-state index in [-0.39, 0.29) is 17.6 Å². The summed E-state index contributed by atoms with van der Waals surface area (Å²) < 4.78 is 10.1. The Morgan fingerprint density at radius 3 is 1.55 bits per heavy atom. The second kappa shape index (κ2) is 19.0. The zero-order valence-corrected chi connectivity index (χ0v) is 23.2. The van der Waals surface area contributed by atoms with Gasteiger partial charge in [-0.15, -0.1) is 0 Å². The van der Waals surface area contributed by atoms with Gasteiger partial charge in [-0.1, -0.05) is 50.3 Å². The number of carbonyl (C=O) groups excluding carboxylic acids is 2. The van der Waals surface area contributed by atoms with Crippen LogP contribution in [0.4, 0.5) is 11.4 Å². The van der Waals surface area contributed by atoms with E-state index in [0.717, 1.165) is 81.3 Å². The molecule has 0 saturated carbocycles. The number of hydrogen-bond acceptors (Lipinski definition) is 7. The first-order valence-electron chi connectivity index (χ1n) is 13.8.